The van der Waals surface area contributed by atoms with Crippen LogP contribution in [0.3, 0.4) is 0 Å². The molecular formula is C19H22N6O2. The Hall–Kier alpha value is -3.00. The Balaban J connectivity index is 1.65. The van der Waals surface area contributed by atoms with Gasteiger partial charge in [0.05, 0.1) is 19.1 Å². The Labute approximate surface area is 161 Å². The number of aryl methyl sites for hydroxylation is 1. The number of aromatic nitrogens is 4. The molecule has 1 aliphatic heterocycles. The van der Waals surface area contributed by atoms with Gasteiger partial charge in [-0.25, -0.2) is 9.97 Å². The van der Waals surface area contributed by atoms with Gasteiger partial charge >= 0.3 is 0 Å². The molecule has 4 rings (SSSR count). The van der Waals surface area contributed by atoms with Gasteiger partial charge in [-0.05, 0) is 18.9 Å². The summed E-state index contributed by atoms with van der Waals surface area (Å²) in [5, 5.41) is 5.22. The lowest BCUT2D eigenvalue weighted by Crippen LogP contribution is -2.47. The van der Waals surface area contributed by atoms with Crippen molar-refractivity contribution in [3.63, 3.8) is 0 Å². The van der Waals surface area contributed by atoms with Gasteiger partial charge in [-0.1, -0.05) is 29.8 Å². The third-order valence-electron chi connectivity index (χ3n) is 4.68. The predicted molar refractivity (Wildman–Crippen MR) is 101 cm³/mol. The van der Waals surface area contributed by atoms with Crippen molar-refractivity contribution >= 4 is 23.0 Å². The highest BCUT2D eigenvalue weighted by Crippen LogP contribution is 2.33. The van der Waals surface area contributed by atoms with Crippen molar-refractivity contribution in [2.75, 3.05) is 18.9 Å². The lowest BCUT2D eigenvalue weighted by Gasteiger charge is -2.27. The molecule has 1 fully saturated rings. The average molecular weight is 369 g/mol. The average Bonchev–Trinajstić information content (AvgIpc) is 3.32. The number of fused-ring (bicyclic) bond motifs is 1. The Morgan fingerprint density at radius 2 is 2.37 bits per heavy atom. The van der Waals surface area contributed by atoms with Gasteiger partial charge in [0, 0.05) is 24.1 Å². The van der Waals surface area contributed by atoms with E-state index in [-0.39, 0.29) is 0 Å². The highest BCUT2D eigenvalue weighted by molar-refractivity contribution is 5.85. The van der Waals surface area contributed by atoms with Crippen LogP contribution in [0.1, 0.15) is 28.1 Å². The second-order valence-electron chi connectivity index (χ2n) is 6.55. The number of imidazole rings is 1. The van der Waals surface area contributed by atoms with E-state index in [2.05, 4.69) is 26.3 Å². The van der Waals surface area contributed by atoms with E-state index in [0.29, 0.717) is 43.1 Å². The number of benzene rings is 1. The topological polar surface area (TPSA) is 94.0 Å². The summed E-state index contributed by atoms with van der Waals surface area (Å²) in [6.07, 6.45) is 3.92. The first-order chi connectivity index (χ1) is 14.3. The fourth-order valence-electron chi connectivity index (χ4n) is 3.36. The third-order valence-corrected chi connectivity index (χ3v) is 4.68. The summed E-state index contributed by atoms with van der Waals surface area (Å²) in [6, 6.07) is 8.08. The monoisotopic (exact) mass is 369 g/mol. The molecule has 0 saturated carbocycles. The van der Waals surface area contributed by atoms with Crippen molar-refractivity contribution in [2.24, 2.45) is 0 Å². The van der Waals surface area contributed by atoms with Crippen molar-refractivity contribution in [3.8, 4) is 0 Å². The van der Waals surface area contributed by atoms with E-state index in [1.165, 1.54) is 10.9 Å². The third kappa shape index (κ3) is 3.12. The number of amides is 1. The highest BCUT2D eigenvalue weighted by atomic mass is 16.5. The molecule has 2 aromatic heterocycles. The van der Waals surface area contributed by atoms with Gasteiger partial charge in [-0.15, -0.1) is 0 Å². The normalized spacial score (nSPS) is 21.4. The molecule has 0 aliphatic carbocycles. The number of hydrogen-bond acceptors (Lipinski definition) is 6. The summed E-state index contributed by atoms with van der Waals surface area (Å²) in [7, 11) is 0. The van der Waals surface area contributed by atoms with E-state index in [4.69, 9.17) is 8.85 Å². The lowest BCUT2D eigenvalue weighted by atomic mass is 10.1. The Bertz CT molecular complexity index is 1080. The van der Waals surface area contributed by atoms with Crippen LogP contribution in [0.5, 0.6) is 0 Å². The summed E-state index contributed by atoms with van der Waals surface area (Å²) in [6.45, 7) is 0.262. The van der Waals surface area contributed by atoms with E-state index in [1.807, 2.05) is 30.4 Å². The van der Waals surface area contributed by atoms with E-state index in [9.17, 15) is 4.79 Å². The molecule has 1 atom stereocenters. The maximum atomic E-state index is 12.8. The molecule has 8 nitrogen and oxygen atoms in total. The van der Waals surface area contributed by atoms with Crippen LogP contribution in [0.25, 0.3) is 11.2 Å². The summed E-state index contributed by atoms with van der Waals surface area (Å²) >= 11 is 0. The van der Waals surface area contributed by atoms with Gasteiger partial charge in [-0.3, -0.25) is 9.36 Å². The quantitative estimate of drug-likeness (QED) is 0.714. The number of anilines is 1. The number of carbonyl (C=O) groups is 1. The van der Waals surface area contributed by atoms with Crippen LogP contribution in [0.2, 0.25) is 0 Å². The molecule has 8 heteroatoms. The van der Waals surface area contributed by atoms with Crippen LogP contribution in [0.4, 0.5) is 5.95 Å². The van der Waals surface area contributed by atoms with Gasteiger partial charge in [0.15, 0.2) is 5.65 Å². The number of ether oxygens (including phenoxy) is 1. The van der Waals surface area contributed by atoms with Crippen LogP contribution in [0, 0.1) is 6.92 Å². The SMILES string of the molecule is [2H]C([2H])([2H])NC(=O)C1(n2cnc3cnc(NCc4cccc(C)c4)nc32)CCCO1. The zero-order chi connectivity index (χ0) is 21.4. The van der Waals surface area contributed by atoms with Gasteiger partial charge in [-0.2, -0.15) is 4.98 Å². The molecule has 1 saturated heterocycles. The number of carbonyl (C=O) groups excluding carboxylic acids is 1. The molecule has 1 unspecified atom stereocenters. The number of nitrogens with one attached hydrogen (secondary N) is 2. The molecule has 1 aromatic carbocycles. The molecule has 27 heavy (non-hydrogen) atoms. The number of rotatable bonds is 5. The van der Waals surface area contributed by atoms with Crippen molar-refractivity contribution in [1.29, 1.82) is 0 Å². The minimum atomic E-state index is -2.62. The lowest BCUT2D eigenvalue weighted by molar-refractivity contribution is -0.152. The van der Waals surface area contributed by atoms with Gasteiger partial charge in [0.1, 0.15) is 5.52 Å². The number of hydrogen-bond donors (Lipinski definition) is 2. The minimum Gasteiger partial charge on any atom is -0.355 e. The van der Waals surface area contributed by atoms with E-state index in [1.54, 1.807) is 6.20 Å². The number of nitrogens with zero attached hydrogens (tertiary/aromatic N) is 4. The molecule has 3 aromatic rings. The minimum absolute atomic E-state index is 0.316. The zero-order valence-electron chi connectivity index (χ0n) is 17.9. The molecule has 0 radical (unpaired) electrons. The first-order valence-corrected chi connectivity index (χ1v) is 8.73. The summed E-state index contributed by atoms with van der Waals surface area (Å²) in [4.78, 5) is 25.9. The van der Waals surface area contributed by atoms with Crippen molar-refractivity contribution in [1.82, 2.24) is 24.8 Å². The maximum absolute atomic E-state index is 12.8. The van der Waals surface area contributed by atoms with Crippen molar-refractivity contribution < 1.29 is 13.6 Å². The summed E-state index contributed by atoms with van der Waals surface area (Å²) < 4.78 is 29.4. The van der Waals surface area contributed by atoms with E-state index in [0.717, 1.165) is 11.1 Å². The first-order valence-electron chi connectivity index (χ1n) is 10.2. The Morgan fingerprint density at radius 3 is 3.15 bits per heavy atom. The van der Waals surface area contributed by atoms with Crippen LogP contribution >= 0.6 is 0 Å². The predicted octanol–water partition coefficient (Wildman–Crippen LogP) is 1.96. The van der Waals surface area contributed by atoms with E-state index < -0.39 is 18.6 Å². The molecule has 0 spiro atoms. The smallest absolute Gasteiger partial charge is 0.273 e. The van der Waals surface area contributed by atoms with Crippen molar-refractivity contribution in [2.45, 2.75) is 32.0 Å². The molecule has 3 heterocycles. The van der Waals surface area contributed by atoms with Crippen LogP contribution in [-0.4, -0.2) is 39.0 Å². The van der Waals surface area contributed by atoms with Crippen molar-refractivity contribution in [3.05, 3.63) is 47.9 Å². The maximum Gasteiger partial charge on any atom is 0.273 e. The largest absolute Gasteiger partial charge is 0.355 e. The molecule has 0 bridgehead atoms. The standard InChI is InChI=1S/C19H22N6O2/c1-13-5-3-6-14(9-13)10-21-18-22-11-15-16(24-18)25(12-23-15)19(17(26)20-2)7-4-8-27-19/h3,5-6,9,11-12H,4,7-8,10H2,1-2H3,(H,20,26)(H,21,22,24)/i2D3. The Morgan fingerprint density at radius 1 is 1.44 bits per heavy atom. The molecule has 140 valence electrons. The first kappa shape index (κ1) is 14.1. The number of likely N-dealkylation sites (N-methyl/N-ethyl adjacent to an activating group) is 1. The molecular weight excluding hydrogens is 344 g/mol. The summed E-state index contributed by atoms with van der Waals surface area (Å²) in [5.74, 6) is -0.373. The van der Waals surface area contributed by atoms with Gasteiger partial charge in [0.2, 0.25) is 11.7 Å². The Kier molecular flexibility index (Phi) is 3.64. The highest BCUT2D eigenvalue weighted by Gasteiger charge is 2.45. The van der Waals surface area contributed by atoms with Gasteiger partial charge in [0.25, 0.3) is 5.91 Å². The second kappa shape index (κ2) is 6.96. The van der Waals surface area contributed by atoms with Gasteiger partial charge < -0.3 is 15.4 Å². The molecule has 1 amide bonds. The summed E-state index contributed by atoms with van der Waals surface area (Å²) in [5.41, 5.74) is 1.60. The van der Waals surface area contributed by atoms with Crippen LogP contribution in [-0.2, 0) is 21.8 Å². The second-order valence-corrected chi connectivity index (χ2v) is 6.55. The molecule has 1 aliphatic rings. The zero-order valence-corrected chi connectivity index (χ0v) is 14.9. The molecule has 2 N–H and O–H groups in total. The fraction of sp³-hybridized carbons (Fsp3) is 0.368. The fourth-order valence-corrected chi connectivity index (χ4v) is 3.36. The van der Waals surface area contributed by atoms with Crippen LogP contribution in [0.15, 0.2) is 36.8 Å². The van der Waals surface area contributed by atoms with Crippen LogP contribution < -0.4 is 10.6 Å². The van der Waals surface area contributed by atoms with E-state index >= 15 is 0 Å².